The maximum atomic E-state index is 13.2. The third kappa shape index (κ3) is 8.97. The second kappa shape index (κ2) is 14.9. The molecule has 10 nitrogen and oxygen atoms in total. The summed E-state index contributed by atoms with van der Waals surface area (Å²) in [4.78, 5) is 9.42. The minimum atomic E-state index is -3.05. The molecule has 0 bridgehead atoms. The first-order valence-electron chi connectivity index (χ1n) is 13.4. The van der Waals surface area contributed by atoms with Crippen LogP contribution in [-0.2, 0) is 25.0 Å². The van der Waals surface area contributed by atoms with Crippen molar-refractivity contribution >= 4 is 42.1 Å². The highest BCUT2D eigenvalue weighted by molar-refractivity contribution is 7.89. The summed E-state index contributed by atoms with van der Waals surface area (Å²) in [6, 6.07) is 15.4. The van der Waals surface area contributed by atoms with Crippen molar-refractivity contribution in [1.82, 2.24) is 19.6 Å². The Labute approximate surface area is 237 Å². The molecule has 1 unspecified atom stereocenters. The van der Waals surface area contributed by atoms with Gasteiger partial charge in [0, 0.05) is 43.2 Å². The van der Waals surface area contributed by atoms with Gasteiger partial charge in [0.05, 0.1) is 30.7 Å². The number of nitrogens with zero attached hydrogens (tertiary/aromatic N) is 3. The normalized spacial score (nSPS) is 15.6. The number of nitrogens with one attached hydrogen (secondary N) is 3. The molecule has 4 rings (SSSR count). The van der Waals surface area contributed by atoms with E-state index in [0.717, 1.165) is 23.4 Å². The van der Waals surface area contributed by atoms with Gasteiger partial charge < -0.3 is 29.6 Å². The summed E-state index contributed by atoms with van der Waals surface area (Å²) in [5, 5.41) is 9.72. The lowest BCUT2D eigenvalue weighted by molar-refractivity contribution is 0.219. The average Bonchev–Trinajstić information content (AvgIpc) is 2.95. The van der Waals surface area contributed by atoms with Crippen molar-refractivity contribution < 1.29 is 22.6 Å². The maximum absolute atomic E-state index is 13.2. The topological polar surface area (TPSA) is 124 Å². The average molecular weight is 591 g/mol. The molecule has 2 aromatic carbocycles. The zero-order valence-electron chi connectivity index (χ0n) is 22.7. The summed E-state index contributed by atoms with van der Waals surface area (Å²) in [6.07, 6.45) is 3.65. The molecule has 40 heavy (non-hydrogen) atoms. The Bertz CT molecular complexity index is 1240. The molecule has 0 saturated carbocycles. The largest absolute Gasteiger partial charge is 0.593 e. The second-order valence-electron chi connectivity index (χ2n) is 9.12. The molecule has 1 saturated heterocycles. The number of rotatable bonds is 14. The number of aromatic nitrogens is 2. The Morgan fingerprint density at radius 1 is 1.00 bits per heavy atom. The van der Waals surface area contributed by atoms with Crippen molar-refractivity contribution in [3.8, 4) is 0 Å². The Hall–Kier alpha value is -2.57. The Balaban J connectivity index is 1.24. The summed E-state index contributed by atoms with van der Waals surface area (Å²) in [7, 11) is -3.05. The quantitative estimate of drug-likeness (QED) is 0.165. The fourth-order valence-electron chi connectivity index (χ4n) is 4.29. The van der Waals surface area contributed by atoms with E-state index in [1.165, 1.54) is 12.1 Å². The first kappa shape index (κ1) is 30.4. The van der Waals surface area contributed by atoms with Crippen molar-refractivity contribution in [2.75, 3.05) is 49.6 Å². The van der Waals surface area contributed by atoms with Gasteiger partial charge in [0.2, 0.25) is 5.95 Å². The van der Waals surface area contributed by atoms with Crippen molar-refractivity contribution in [2.45, 2.75) is 37.6 Å². The molecule has 2 heterocycles. The van der Waals surface area contributed by atoms with Gasteiger partial charge in [-0.15, -0.1) is 4.31 Å². The molecule has 0 amide bonds. The molecule has 3 N–H and O–H groups in total. The second-order valence-corrected chi connectivity index (χ2v) is 12.8. The van der Waals surface area contributed by atoms with E-state index >= 15 is 0 Å². The minimum absolute atomic E-state index is 0.268. The van der Waals surface area contributed by atoms with E-state index < -0.39 is 19.0 Å². The standard InChI is InChI=1S/C27H36FN6O4PS/c1-3-37-39(35,38-4-2)20-17-29-22-14-18-34(19-15-22)40(36)25-11-9-24(10-12-25)32-27-30-16-13-26(33-27)31-23-7-5-21(28)6-8-23/h5-13,16,22,29H,3-4,14-15,17-20H2,1-2H3,(H2,30,31,32,33). The lowest BCUT2D eigenvalue weighted by Gasteiger charge is -2.32. The predicted octanol–water partition coefficient (Wildman–Crippen LogP) is 5.45. The summed E-state index contributed by atoms with van der Waals surface area (Å²) in [5.41, 5.74) is 1.48. The Morgan fingerprint density at radius 2 is 1.62 bits per heavy atom. The molecule has 1 fully saturated rings. The first-order chi connectivity index (χ1) is 19.4. The molecule has 0 spiro atoms. The molecule has 13 heteroatoms. The van der Waals surface area contributed by atoms with E-state index in [9.17, 15) is 13.5 Å². The van der Waals surface area contributed by atoms with Gasteiger partial charge in [-0.1, -0.05) is 0 Å². The van der Waals surface area contributed by atoms with E-state index in [-0.39, 0.29) is 11.9 Å². The molecule has 1 aliphatic rings. The van der Waals surface area contributed by atoms with Gasteiger partial charge in [-0.2, -0.15) is 4.98 Å². The number of hydrogen-bond donors (Lipinski definition) is 3. The van der Waals surface area contributed by atoms with Gasteiger partial charge in [0.15, 0.2) is 4.90 Å². The molecular formula is C27H36FN6O4PS. The molecule has 216 valence electrons. The van der Waals surface area contributed by atoms with Crippen LogP contribution < -0.4 is 16.0 Å². The van der Waals surface area contributed by atoms with Gasteiger partial charge in [0.25, 0.3) is 0 Å². The molecule has 0 aliphatic carbocycles. The van der Waals surface area contributed by atoms with Crippen LogP contribution in [0.2, 0.25) is 0 Å². The third-order valence-electron chi connectivity index (χ3n) is 6.24. The third-order valence-corrected chi connectivity index (χ3v) is 9.83. The lowest BCUT2D eigenvalue weighted by Crippen LogP contribution is -2.45. The Morgan fingerprint density at radius 3 is 2.27 bits per heavy atom. The number of halogens is 1. The molecule has 1 aliphatic heterocycles. The highest BCUT2D eigenvalue weighted by Gasteiger charge is 2.29. The zero-order chi connectivity index (χ0) is 28.4. The van der Waals surface area contributed by atoms with Crippen LogP contribution in [0.3, 0.4) is 0 Å². The minimum Gasteiger partial charge on any atom is -0.593 e. The van der Waals surface area contributed by atoms with Gasteiger partial charge in [-0.25, -0.2) is 9.37 Å². The monoisotopic (exact) mass is 590 g/mol. The van der Waals surface area contributed by atoms with E-state index in [1.807, 2.05) is 42.4 Å². The van der Waals surface area contributed by atoms with Crippen molar-refractivity contribution in [2.24, 2.45) is 0 Å². The van der Waals surface area contributed by atoms with Gasteiger partial charge in [-0.05, 0) is 81.3 Å². The fraction of sp³-hybridized carbons (Fsp3) is 0.407. The predicted molar refractivity (Wildman–Crippen MR) is 156 cm³/mol. The maximum Gasteiger partial charge on any atom is 0.331 e. The highest BCUT2D eigenvalue weighted by Crippen LogP contribution is 2.47. The van der Waals surface area contributed by atoms with Gasteiger partial charge in [0.1, 0.15) is 11.6 Å². The van der Waals surface area contributed by atoms with Crippen LogP contribution in [0.4, 0.5) is 27.5 Å². The van der Waals surface area contributed by atoms with Crippen molar-refractivity contribution in [3.05, 3.63) is 66.6 Å². The SMILES string of the molecule is CCOP(=O)(CCNC1CCN([S+]([O-])c2ccc(Nc3nccc(Nc4ccc(F)cc4)n3)cc2)CC1)OCC. The number of anilines is 4. The van der Waals surface area contributed by atoms with Crippen LogP contribution in [0.5, 0.6) is 0 Å². The highest BCUT2D eigenvalue weighted by atomic mass is 32.2. The van der Waals surface area contributed by atoms with Crippen LogP contribution in [0, 0.1) is 5.82 Å². The van der Waals surface area contributed by atoms with Crippen molar-refractivity contribution in [3.63, 3.8) is 0 Å². The number of hydrogen-bond acceptors (Lipinski definition) is 10. The van der Waals surface area contributed by atoms with Crippen LogP contribution in [0.25, 0.3) is 0 Å². The molecule has 3 aromatic rings. The van der Waals surface area contributed by atoms with E-state index in [1.54, 1.807) is 24.4 Å². The Kier molecular flexibility index (Phi) is 11.3. The van der Waals surface area contributed by atoms with Gasteiger partial charge in [-0.3, -0.25) is 4.57 Å². The molecule has 1 atom stereocenters. The number of benzene rings is 2. The molecule has 0 radical (unpaired) electrons. The van der Waals surface area contributed by atoms with Crippen LogP contribution in [0.15, 0.2) is 65.7 Å². The van der Waals surface area contributed by atoms with E-state index in [0.29, 0.717) is 56.5 Å². The zero-order valence-corrected chi connectivity index (χ0v) is 24.4. The summed E-state index contributed by atoms with van der Waals surface area (Å²) in [6.45, 7) is 6.27. The van der Waals surface area contributed by atoms with E-state index in [4.69, 9.17) is 9.05 Å². The van der Waals surface area contributed by atoms with Crippen LogP contribution >= 0.6 is 7.60 Å². The lowest BCUT2D eigenvalue weighted by atomic mass is 10.1. The molecule has 1 aromatic heterocycles. The van der Waals surface area contributed by atoms with Gasteiger partial charge >= 0.3 is 7.60 Å². The summed E-state index contributed by atoms with van der Waals surface area (Å²) < 4.78 is 51.6. The smallest absolute Gasteiger partial charge is 0.331 e. The summed E-state index contributed by atoms with van der Waals surface area (Å²) in [5.74, 6) is 0.661. The fourth-order valence-corrected chi connectivity index (χ4v) is 7.03. The van der Waals surface area contributed by atoms with Crippen LogP contribution in [-0.4, -0.2) is 63.9 Å². The van der Waals surface area contributed by atoms with E-state index in [2.05, 4.69) is 25.9 Å². The van der Waals surface area contributed by atoms with Crippen molar-refractivity contribution in [1.29, 1.82) is 0 Å². The first-order valence-corrected chi connectivity index (χ1v) is 16.2. The van der Waals surface area contributed by atoms with Crippen LogP contribution in [0.1, 0.15) is 26.7 Å². The molecular weight excluding hydrogens is 554 g/mol. The summed E-state index contributed by atoms with van der Waals surface area (Å²) >= 11 is -1.27. The number of piperidine rings is 1.